The zero-order chi connectivity index (χ0) is 17.3. The third-order valence-corrected chi connectivity index (χ3v) is 4.91. The molecule has 0 aliphatic carbocycles. The highest BCUT2D eigenvalue weighted by Crippen LogP contribution is 2.57. The molecule has 6 nitrogen and oxygen atoms in total. The average molecular weight is 342 g/mol. The lowest BCUT2D eigenvalue weighted by Gasteiger charge is -2.19. The van der Waals surface area contributed by atoms with E-state index in [1.807, 2.05) is 0 Å². The molecule has 1 rings (SSSR count). The summed E-state index contributed by atoms with van der Waals surface area (Å²) in [5.41, 5.74) is 0.581. The Labute approximate surface area is 136 Å². The molecule has 0 atom stereocenters. The van der Waals surface area contributed by atoms with Gasteiger partial charge in [-0.2, -0.15) is 0 Å². The zero-order valence-corrected chi connectivity index (χ0v) is 14.8. The predicted octanol–water partition coefficient (Wildman–Crippen LogP) is 3.87. The summed E-state index contributed by atoms with van der Waals surface area (Å²) in [5.74, 6) is -0.197. The maximum absolute atomic E-state index is 13.0. The van der Waals surface area contributed by atoms with Crippen LogP contribution < -0.4 is 4.74 Å². The van der Waals surface area contributed by atoms with Crippen molar-refractivity contribution in [3.8, 4) is 5.75 Å². The van der Waals surface area contributed by atoms with Gasteiger partial charge in [-0.15, -0.1) is 0 Å². The predicted molar refractivity (Wildman–Crippen MR) is 88.5 cm³/mol. The van der Waals surface area contributed by atoms with Gasteiger partial charge in [-0.1, -0.05) is 18.2 Å². The lowest BCUT2D eigenvalue weighted by Crippen LogP contribution is -2.11. The molecule has 0 spiro atoms. The average Bonchev–Trinajstić information content (AvgIpc) is 2.53. The highest BCUT2D eigenvalue weighted by molar-refractivity contribution is 7.60. The van der Waals surface area contributed by atoms with Crippen LogP contribution in [0.4, 0.5) is 0 Å². The number of benzene rings is 1. The number of ether oxygens (including phenoxy) is 2. The molecule has 0 radical (unpaired) electrons. The van der Waals surface area contributed by atoms with Crippen molar-refractivity contribution in [1.82, 2.24) is 0 Å². The number of hydrogen-bond donors (Lipinski definition) is 0. The number of rotatable bonds is 9. The van der Waals surface area contributed by atoms with Crippen LogP contribution in [0.5, 0.6) is 5.75 Å². The second-order valence-electron chi connectivity index (χ2n) is 4.33. The van der Waals surface area contributed by atoms with Crippen molar-refractivity contribution < 1.29 is 27.9 Å². The van der Waals surface area contributed by atoms with Gasteiger partial charge in [0.2, 0.25) is 0 Å². The highest BCUT2D eigenvalue weighted by Gasteiger charge is 2.36. The summed E-state index contributed by atoms with van der Waals surface area (Å²) < 4.78 is 33.8. The fourth-order valence-electron chi connectivity index (χ4n) is 1.90. The van der Waals surface area contributed by atoms with E-state index in [-0.39, 0.29) is 25.1 Å². The standard InChI is InChI=1S/C16H23O6P/c1-5-20-16(17)15(23(18,21-6-2)22-7-3)12-13-10-8-9-11-14(13)19-4/h8-12H,5-7H2,1-4H3/b15-12-. The normalized spacial score (nSPS) is 12.1. The molecule has 7 heteroatoms. The van der Waals surface area contributed by atoms with Crippen LogP contribution >= 0.6 is 7.60 Å². The van der Waals surface area contributed by atoms with E-state index in [1.54, 1.807) is 45.0 Å². The third kappa shape index (κ3) is 5.20. The van der Waals surface area contributed by atoms with Gasteiger partial charge in [0, 0.05) is 5.56 Å². The van der Waals surface area contributed by atoms with Crippen LogP contribution in [0.15, 0.2) is 29.6 Å². The summed E-state index contributed by atoms with van der Waals surface area (Å²) in [5, 5.41) is -0.146. The molecule has 1 aromatic rings. The minimum absolute atomic E-state index is 0.139. The van der Waals surface area contributed by atoms with Crippen molar-refractivity contribution in [2.75, 3.05) is 26.9 Å². The van der Waals surface area contributed by atoms with Gasteiger partial charge in [0.1, 0.15) is 11.1 Å². The summed E-state index contributed by atoms with van der Waals surface area (Å²) in [7, 11) is -2.26. The Hall–Kier alpha value is -1.62. The lowest BCUT2D eigenvalue weighted by molar-refractivity contribution is -0.137. The van der Waals surface area contributed by atoms with Gasteiger partial charge < -0.3 is 18.5 Å². The molecule has 0 aliphatic rings. The third-order valence-electron chi connectivity index (χ3n) is 2.81. The van der Waals surface area contributed by atoms with Crippen molar-refractivity contribution in [1.29, 1.82) is 0 Å². The van der Waals surface area contributed by atoms with Gasteiger partial charge in [0.05, 0.1) is 26.9 Å². The van der Waals surface area contributed by atoms with E-state index < -0.39 is 13.6 Å². The Kier molecular flexibility index (Phi) is 8.03. The van der Waals surface area contributed by atoms with Gasteiger partial charge >= 0.3 is 13.6 Å². The largest absolute Gasteiger partial charge is 0.496 e. The Morgan fingerprint density at radius 2 is 1.70 bits per heavy atom. The maximum atomic E-state index is 13.0. The maximum Gasteiger partial charge on any atom is 0.368 e. The molecule has 0 heterocycles. The van der Waals surface area contributed by atoms with Crippen molar-refractivity contribution in [2.45, 2.75) is 20.8 Å². The summed E-state index contributed by atoms with van der Waals surface area (Å²) >= 11 is 0. The summed E-state index contributed by atoms with van der Waals surface area (Å²) in [6.45, 7) is 5.46. The van der Waals surface area contributed by atoms with Crippen LogP contribution in [0.2, 0.25) is 0 Å². The number of carbonyl (C=O) groups is 1. The second kappa shape index (κ2) is 9.50. The molecule has 23 heavy (non-hydrogen) atoms. The van der Waals surface area contributed by atoms with Crippen LogP contribution in [-0.2, 0) is 23.1 Å². The molecule has 0 aliphatic heterocycles. The summed E-state index contributed by atoms with van der Waals surface area (Å²) in [6.07, 6.45) is 1.43. The monoisotopic (exact) mass is 342 g/mol. The van der Waals surface area contributed by atoms with Gasteiger partial charge in [0.25, 0.3) is 0 Å². The van der Waals surface area contributed by atoms with Gasteiger partial charge in [-0.25, -0.2) is 4.79 Å². The minimum atomic E-state index is -3.78. The molecule has 0 saturated heterocycles. The molecule has 0 saturated carbocycles. The number of methoxy groups -OCH3 is 1. The smallest absolute Gasteiger partial charge is 0.368 e. The fourth-order valence-corrected chi connectivity index (χ4v) is 3.52. The Morgan fingerprint density at radius 1 is 1.09 bits per heavy atom. The van der Waals surface area contributed by atoms with Crippen molar-refractivity contribution in [3.05, 3.63) is 35.1 Å². The van der Waals surface area contributed by atoms with Crippen molar-refractivity contribution in [2.24, 2.45) is 0 Å². The highest BCUT2D eigenvalue weighted by atomic mass is 31.2. The van der Waals surface area contributed by atoms with E-state index in [4.69, 9.17) is 18.5 Å². The Bertz CT molecular complexity index is 586. The van der Waals surface area contributed by atoms with Crippen LogP contribution in [-0.4, -0.2) is 32.9 Å². The van der Waals surface area contributed by atoms with Crippen LogP contribution in [0, 0.1) is 0 Å². The molecule has 1 aromatic carbocycles. The van der Waals surface area contributed by atoms with Crippen LogP contribution in [0.3, 0.4) is 0 Å². The first-order valence-electron chi connectivity index (χ1n) is 7.43. The fraction of sp³-hybridized carbons (Fsp3) is 0.438. The summed E-state index contributed by atoms with van der Waals surface area (Å²) in [6, 6.07) is 7.05. The molecule has 0 aromatic heterocycles. The molecule has 0 bridgehead atoms. The van der Waals surface area contributed by atoms with Crippen molar-refractivity contribution in [3.63, 3.8) is 0 Å². The van der Waals surface area contributed by atoms with Gasteiger partial charge in [-0.05, 0) is 32.9 Å². The number of esters is 1. The van der Waals surface area contributed by atoms with E-state index in [0.29, 0.717) is 11.3 Å². The lowest BCUT2D eigenvalue weighted by atomic mass is 10.2. The van der Waals surface area contributed by atoms with Gasteiger partial charge in [-0.3, -0.25) is 4.57 Å². The first-order chi connectivity index (χ1) is 11.0. The van der Waals surface area contributed by atoms with Crippen molar-refractivity contribution >= 4 is 19.6 Å². The van der Waals surface area contributed by atoms with E-state index in [9.17, 15) is 9.36 Å². The number of hydrogen-bond acceptors (Lipinski definition) is 6. The Morgan fingerprint density at radius 3 is 2.22 bits per heavy atom. The number of para-hydroxylation sites is 1. The van der Waals surface area contributed by atoms with Gasteiger partial charge in [0.15, 0.2) is 0 Å². The topological polar surface area (TPSA) is 71.1 Å². The summed E-state index contributed by atoms with van der Waals surface area (Å²) in [4.78, 5) is 12.3. The molecule has 0 fully saturated rings. The first kappa shape index (κ1) is 19.4. The van der Waals surface area contributed by atoms with E-state index in [0.717, 1.165) is 0 Å². The van der Waals surface area contributed by atoms with E-state index in [1.165, 1.54) is 13.2 Å². The first-order valence-corrected chi connectivity index (χ1v) is 8.98. The molecular weight excluding hydrogens is 319 g/mol. The SMILES string of the molecule is CCOC(=O)/C(=C/c1ccccc1OC)P(=O)(OCC)OCC. The molecule has 0 unspecified atom stereocenters. The molecule has 128 valence electrons. The minimum Gasteiger partial charge on any atom is -0.496 e. The van der Waals surface area contributed by atoms with Crippen LogP contribution in [0.1, 0.15) is 26.3 Å². The Balaban J connectivity index is 3.42. The second-order valence-corrected chi connectivity index (χ2v) is 6.32. The quantitative estimate of drug-likeness (QED) is 0.385. The number of carbonyl (C=O) groups excluding carboxylic acids is 1. The zero-order valence-electron chi connectivity index (χ0n) is 13.9. The molecular formula is C16H23O6P. The molecule has 0 N–H and O–H groups in total. The van der Waals surface area contributed by atoms with E-state index >= 15 is 0 Å². The van der Waals surface area contributed by atoms with E-state index in [2.05, 4.69) is 0 Å². The van der Waals surface area contributed by atoms with Crippen LogP contribution in [0.25, 0.3) is 6.08 Å². The molecule has 0 amide bonds.